The molecule has 0 radical (unpaired) electrons. The van der Waals surface area contributed by atoms with Crippen LogP contribution in [0, 0.1) is 0 Å². The summed E-state index contributed by atoms with van der Waals surface area (Å²) in [5, 5.41) is 12.4. The van der Waals surface area contributed by atoms with Gasteiger partial charge < -0.3 is 16.2 Å². The summed E-state index contributed by atoms with van der Waals surface area (Å²) in [6, 6.07) is 17.4. The monoisotopic (exact) mass is 500 g/mol. The second-order valence-electron chi connectivity index (χ2n) is 8.35. The van der Waals surface area contributed by atoms with Crippen LogP contribution in [0.4, 0.5) is 11.4 Å². The fourth-order valence-corrected chi connectivity index (χ4v) is 4.96. The van der Waals surface area contributed by atoms with E-state index in [-0.39, 0.29) is 23.8 Å². The van der Waals surface area contributed by atoms with Gasteiger partial charge in [-0.15, -0.1) is 11.3 Å². The van der Waals surface area contributed by atoms with Gasteiger partial charge in [0.2, 0.25) is 5.91 Å². The van der Waals surface area contributed by atoms with Crippen molar-refractivity contribution in [1.82, 2.24) is 10.3 Å². The van der Waals surface area contributed by atoms with Gasteiger partial charge in [-0.25, -0.2) is 14.7 Å². The van der Waals surface area contributed by atoms with E-state index in [0.717, 1.165) is 9.60 Å². The van der Waals surface area contributed by atoms with Crippen LogP contribution in [0.1, 0.15) is 31.3 Å². The molecule has 0 saturated heterocycles. The first kappa shape index (κ1) is 23.2. The predicted molar refractivity (Wildman–Crippen MR) is 135 cm³/mol. The number of nitrogen functional groups attached to an aromatic ring is 1. The molecule has 1 aliphatic heterocycles. The number of para-hydroxylation sites is 1. The second-order valence-corrected chi connectivity index (χ2v) is 9.38. The smallest absolute Gasteiger partial charge is 0.326 e. The molecule has 180 valence electrons. The number of fused-ring (bicyclic) bond motifs is 2. The van der Waals surface area contributed by atoms with Crippen LogP contribution in [-0.4, -0.2) is 39.8 Å². The minimum Gasteiger partial charge on any atom is -0.480 e. The summed E-state index contributed by atoms with van der Waals surface area (Å²) in [4.78, 5) is 55.5. The van der Waals surface area contributed by atoms with E-state index in [2.05, 4.69) is 10.3 Å². The number of imide groups is 1. The van der Waals surface area contributed by atoms with E-state index in [4.69, 9.17) is 5.73 Å². The molecule has 36 heavy (non-hydrogen) atoms. The number of carboxylic acid groups (broad SMARTS) is 1. The standard InChI is InChI=1S/C26H20N4O5S/c27-16-8-7-15-12-22(31)30(25(33)18(15)13-16)17-9-5-14(6-10-17)11-20(26(34)35)28-23(32)24-29-19-3-1-2-4-21(19)36-24/h1-10,13,20H,11-12,27H2,(H,28,32)(H,34,35)/t20-/m0/s1. The Hall–Kier alpha value is -4.57. The molecule has 4 aromatic rings. The molecule has 0 spiro atoms. The molecule has 0 unspecified atom stereocenters. The summed E-state index contributed by atoms with van der Waals surface area (Å²) < 4.78 is 0.831. The Labute approximate surface area is 209 Å². The first-order valence-corrected chi connectivity index (χ1v) is 11.9. The van der Waals surface area contributed by atoms with E-state index >= 15 is 0 Å². The van der Waals surface area contributed by atoms with Crippen LogP contribution < -0.4 is 16.0 Å². The highest BCUT2D eigenvalue weighted by atomic mass is 32.1. The average Bonchev–Trinajstić information content (AvgIpc) is 3.30. The van der Waals surface area contributed by atoms with Crippen molar-refractivity contribution in [2.24, 2.45) is 0 Å². The number of thiazole rings is 1. The normalized spacial score (nSPS) is 13.9. The van der Waals surface area contributed by atoms with E-state index in [1.165, 1.54) is 11.3 Å². The molecule has 3 aromatic carbocycles. The number of aliphatic carboxylic acids is 1. The lowest BCUT2D eigenvalue weighted by Gasteiger charge is -2.27. The third-order valence-corrected chi connectivity index (χ3v) is 6.92. The number of nitrogens with one attached hydrogen (secondary N) is 1. The zero-order valence-electron chi connectivity index (χ0n) is 18.8. The molecule has 3 amide bonds. The highest BCUT2D eigenvalue weighted by Crippen LogP contribution is 2.27. The van der Waals surface area contributed by atoms with Crippen molar-refractivity contribution in [3.63, 3.8) is 0 Å². The van der Waals surface area contributed by atoms with Gasteiger partial charge in [0.25, 0.3) is 11.8 Å². The van der Waals surface area contributed by atoms with Crippen LogP contribution in [0.25, 0.3) is 10.2 Å². The third kappa shape index (κ3) is 4.41. The highest BCUT2D eigenvalue weighted by molar-refractivity contribution is 7.20. The van der Waals surface area contributed by atoms with Gasteiger partial charge in [-0.1, -0.05) is 30.3 Å². The van der Waals surface area contributed by atoms with Gasteiger partial charge in [0.05, 0.1) is 22.3 Å². The lowest BCUT2D eigenvalue weighted by atomic mass is 9.97. The molecule has 1 atom stereocenters. The SMILES string of the molecule is Nc1ccc2c(c1)C(=O)N(c1ccc(C[C@H](NC(=O)c3nc4ccccc4s3)C(=O)O)cc1)C(=O)C2. The molecule has 4 N–H and O–H groups in total. The van der Waals surface area contributed by atoms with Gasteiger partial charge in [0.1, 0.15) is 6.04 Å². The number of aromatic nitrogens is 1. The topological polar surface area (TPSA) is 143 Å². The number of benzene rings is 3. The molecule has 0 saturated carbocycles. The summed E-state index contributed by atoms with van der Waals surface area (Å²) in [6.07, 6.45) is 0.0789. The molecule has 9 nitrogen and oxygen atoms in total. The van der Waals surface area contributed by atoms with Gasteiger partial charge in [0.15, 0.2) is 5.01 Å². The Morgan fingerprint density at radius 2 is 1.83 bits per heavy atom. The summed E-state index contributed by atoms with van der Waals surface area (Å²) in [5.74, 6) is -2.59. The lowest BCUT2D eigenvalue weighted by Crippen LogP contribution is -2.43. The van der Waals surface area contributed by atoms with Crippen LogP contribution in [0.2, 0.25) is 0 Å². The van der Waals surface area contributed by atoms with Crippen molar-refractivity contribution in [2.75, 3.05) is 10.6 Å². The van der Waals surface area contributed by atoms with E-state index in [1.807, 2.05) is 18.2 Å². The number of carboxylic acids is 1. The summed E-state index contributed by atoms with van der Waals surface area (Å²) in [5.41, 5.74) is 8.89. The first-order valence-electron chi connectivity index (χ1n) is 11.0. The Bertz CT molecular complexity index is 1500. The average molecular weight is 501 g/mol. The molecule has 1 aromatic heterocycles. The summed E-state index contributed by atoms with van der Waals surface area (Å²) in [6.45, 7) is 0. The van der Waals surface area contributed by atoms with Crippen LogP contribution in [0.5, 0.6) is 0 Å². The van der Waals surface area contributed by atoms with Gasteiger partial charge >= 0.3 is 5.97 Å². The van der Waals surface area contributed by atoms with Gasteiger partial charge in [-0.2, -0.15) is 0 Å². The number of carbonyl (C=O) groups is 4. The van der Waals surface area contributed by atoms with E-state index in [9.17, 15) is 24.3 Å². The Kier molecular flexibility index (Phi) is 5.95. The van der Waals surface area contributed by atoms with E-state index in [0.29, 0.717) is 33.6 Å². The largest absolute Gasteiger partial charge is 0.480 e. The van der Waals surface area contributed by atoms with Crippen molar-refractivity contribution in [2.45, 2.75) is 18.9 Å². The Morgan fingerprint density at radius 3 is 2.56 bits per heavy atom. The summed E-state index contributed by atoms with van der Waals surface area (Å²) in [7, 11) is 0. The maximum absolute atomic E-state index is 13.0. The fraction of sp³-hybridized carbons (Fsp3) is 0.115. The predicted octanol–water partition coefficient (Wildman–Crippen LogP) is 3.03. The Morgan fingerprint density at radius 1 is 1.08 bits per heavy atom. The molecule has 10 heteroatoms. The number of anilines is 2. The van der Waals surface area contributed by atoms with Crippen LogP contribution >= 0.6 is 11.3 Å². The number of nitrogens with zero attached hydrogens (tertiary/aromatic N) is 2. The molecule has 0 bridgehead atoms. The zero-order valence-corrected chi connectivity index (χ0v) is 19.6. The van der Waals surface area contributed by atoms with E-state index < -0.39 is 23.8 Å². The first-order chi connectivity index (χ1) is 17.3. The quantitative estimate of drug-likeness (QED) is 0.273. The van der Waals surface area contributed by atoms with Crippen LogP contribution in [-0.2, 0) is 22.4 Å². The van der Waals surface area contributed by atoms with Crippen LogP contribution in [0.15, 0.2) is 66.7 Å². The number of hydrogen-bond acceptors (Lipinski definition) is 7. The van der Waals surface area contributed by atoms with Crippen molar-refractivity contribution in [1.29, 1.82) is 0 Å². The van der Waals surface area contributed by atoms with Crippen molar-refractivity contribution in [3.05, 3.63) is 88.4 Å². The van der Waals surface area contributed by atoms with Gasteiger partial charge in [-0.05, 0) is 47.5 Å². The minimum absolute atomic E-state index is 0.00745. The molecule has 0 fully saturated rings. The third-order valence-electron chi connectivity index (χ3n) is 5.88. The number of rotatable bonds is 6. The molecule has 0 aliphatic carbocycles. The van der Waals surface area contributed by atoms with Crippen LogP contribution in [0.3, 0.4) is 0 Å². The molecular weight excluding hydrogens is 480 g/mol. The van der Waals surface area contributed by atoms with Crippen molar-refractivity contribution >= 4 is 56.6 Å². The Balaban J connectivity index is 1.31. The second kappa shape index (κ2) is 9.23. The number of carbonyl (C=O) groups excluding carboxylic acids is 3. The van der Waals surface area contributed by atoms with Gasteiger partial charge in [0, 0.05) is 17.7 Å². The maximum atomic E-state index is 13.0. The van der Waals surface area contributed by atoms with Gasteiger partial charge in [-0.3, -0.25) is 14.4 Å². The van der Waals surface area contributed by atoms with Crippen molar-refractivity contribution < 1.29 is 24.3 Å². The zero-order chi connectivity index (χ0) is 25.4. The van der Waals surface area contributed by atoms with E-state index in [1.54, 1.807) is 48.5 Å². The lowest BCUT2D eigenvalue weighted by molar-refractivity contribution is -0.139. The molecule has 2 heterocycles. The number of hydrogen-bond donors (Lipinski definition) is 3. The molecule has 1 aliphatic rings. The number of nitrogens with two attached hydrogens (primary N) is 1. The minimum atomic E-state index is -1.19. The summed E-state index contributed by atoms with van der Waals surface area (Å²) >= 11 is 1.19. The molecule has 5 rings (SSSR count). The highest BCUT2D eigenvalue weighted by Gasteiger charge is 2.32. The molecular formula is C26H20N4O5S. The maximum Gasteiger partial charge on any atom is 0.326 e. The van der Waals surface area contributed by atoms with Crippen molar-refractivity contribution in [3.8, 4) is 0 Å². The fourth-order valence-electron chi connectivity index (χ4n) is 4.09. The number of amides is 3.